The Hall–Kier alpha value is -0.910. The Morgan fingerprint density at radius 1 is 1.20 bits per heavy atom. The molecule has 3 rings (SSSR count). The first-order valence-electron chi connectivity index (χ1n) is 7.37. The lowest BCUT2D eigenvalue weighted by Crippen LogP contribution is -2.43. The summed E-state index contributed by atoms with van der Waals surface area (Å²) in [5.41, 5.74) is 1.03. The molecule has 0 unspecified atom stereocenters. The first kappa shape index (κ1) is 14.0. The molecule has 0 spiro atoms. The third-order valence-corrected chi connectivity index (χ3v) is 5.59. The quantitative estimate of drug-likeness (QED) is 0.844. The van der Waals surface area contributed by atoms with E-state index in [1.165, 1.54) is 12.8 Å². The van der Waals surface area contributed by atoms with Crippen LogP contribution in [0.25, 0.3) is 0 Å². The summed E-state index contributed by atoms with van der Waals surface area (Å²) in [6.45, 7) is 2.89. The molecule has 1 aromatic rings. The van der Waals surface area contributed by atoms with Gasteiger partial charge in [0.2, 0.25) is 10.0 Å². The average molecular weight is 294 g/mol. The van der Waals surface area contributed by atoms with Crippen LogP contribution in [0.2, 0.25) is 0 Å². The Labute approximate surface area is 121 Å². The van der Waals surface area contributed by atoms with Crippen molar-refractivity contribution in [1.29, 1.82) is 0 Å². The summed E-state index contributed by atoms with van der Waals surface area (Å²) in [5, 5.41) is 3.41. The summed E-state index contributed by atoms with van der Waals surface area (Å²) in [6, 6.07) is 7.99. The summed E-state index contributed by atoms with van der Waals surface area (Å²) in [5.74, 6) is 0.636. The van der Waals surface area contributed by atoms with Gasteiger partial charge in [0, 0.05) is 18.6 Å². The van der Waals surface area contributed by atoms with Crippen LogP contribution in [-0.2, 0) is 16.6 Å². The smallest absolute Gasteiger partial charge is 0.240 e. The van der Waals surface area contributed by atoms with Crippen molar-refractivity contribution in [2.75, 3.05) is 0 Å². The SMILES string of the molecule is CC1CC(NS(=O)(=O)c2cccc(CNC3CC3)c2)C1. The summed E-state index contributed by atoms with van der Waals surface area (Å²) in [6.07, 6.45) is 4.36. The molecule has 0 saturated heterocycles. The third-order valence-electron chi connectivity index (χ3n) is 4.08. The van der Waals surface area contributed by atoms with Gasteiger partial charge in [0.15, 0.2) is 0 Å². The van der Waals surface area contributed by atoms with E-state index < -0.39 is 10.0 Å². The van der Waals surface area contributed by atoms with E-state index in [0.717, 1.165) is 24.9 Å². The molecule has 2 aliphatic rings. The topological polar surface area (TPSA) is 58.2 Å². The maximum atomic E-state index is 12.3. The molecule has 1 aromatic carbocycles. The number of hydrogen-bond donors (Lipinski definition) is 2. The zero-order valence-electron chi connectivity index (χ0n) is 11.8. The minimum atomic E-state index is -3.37. The third kappa shape index (κ3) is 3.40. The molecule has 110 valence electrons. The van der Waals surface area contributed by atoms with Gasteiger partial charge >= 0.3 is 0 Å². The number of benzene rings is 1. The fourth-order valence-electron chi connectivity index (χ4n) is 2.66. The minimum absolute atomic E-state index is 0.114. The Kier molecular flexibility index (Phi) is 3.84. The second kappa shape index (κ2) is 5.47. The zero-order valence-corrected chi connectivity index (χ0v) is 12.6. The van der Waals surface area contributed by atoms with Crippen LogP contribution in [0.1, 0.15) is 38.2 Å². The molecule has 4 nitrogen and oxygen atoms in total. The van der Waals surface area contributed by atoms with Gasteiger partial charge in [0.25, 0.3) is 0 Å². The van der Waals surface area contributed by atoms with E-state index in [2.05, 4.69) is 17.0 Å². The molecule has 0 radical (unpaired) electrons. The highest BCUT2D eigenvalue weighted by molar-refractivity contribution is 7.89. The molecule has 2 N–H and O–H groups in total. The first-order valence-corrected chi connectivity index (χ1v) is 8.86. The van der Waals surface area contributed by atoms with E-state index in [4.69, 9.17) is 0 Å². The molecular weight excluding hydrogens is 272 g/mol. The molecule has 0 aromatic heterocycles. The summed E-state index contributed by atoms with van der Waals surface area (Å²) in [4.78, 5) is 0.382. The highest BCUT2D eigenvalue weighted by atomic mass is 32.2. The summed E-state index contributed by atoms with van der Waals surface area (Å²) in [7, 11) is -3.37. The van der Waals surface area contributed by atoms with Gasteiger partial charge in [-0.2, -0.15) is 0 Å². The molecule has 2 fully saturated rings. The Bertz CT molecular complexity index is 575. The van der Waals surface area contributed by atoms with Crippen molar-refractivity contribution in [3.8, 4) is 0 Å². The molecule has 0 bridgehead atoms. The summed E-state index contributed by atoms with van der Waals surface area (Å²) >= 11 is 0. The maximum absolute atomic E-state index is 12.3. The predicted molar refractivity (Wildman–Crippen MR) is 78.8 cm³/mol. The predicted octanol–water partition coefficient (Wildman–Crippen LogP) is 2.02. The van der Waals surface area contributed by atoms with Gasteiger partial charge in [-0.05, 0) is 49.3 Å². The molecular formula is C15H22N2O2S. The largest absolute Gasteiger partial charge is 0.310 e. The van der Waals surface area contributed by atoms with E-state index in [-0.39, 0.29) is 6.04 Å². The van der Waals surface area contributed by atoms with Crippen molar-refractivity contribution in [1.82, 2.24) is 10.0 Å². The number of sulfonamides is 1. The van der Waals surface area contributed by atoms with Crippen LogP contribution in [0.5, 0.6) is 0 Å². The van der Waals surface area contributed by atoms with Gasteiger partial charge < -0.3 is 5.32 Å². The average Bonchev–Trinajstić information content (AvgIpc) is 3.19. The lowest BCUT2D eigenvalue weighted by Gasteiger charge is -2.32. The van der Waals surface area contributed by atoms with Crippen LogP contribution >= 0.6 is 0 Å². The van der Waals surface area contributed by atoms with E-state index >= 15 is 0 Å². The van der Waals surface area contributed by atoms with Gasteiger partial charge in [-0.25, -0.2) is 13.1 Å². The molecule has 0 aliphatic heterocycles. The fraction of sp³-hybridized carbons (Fsp3) is 0.600. The molecule has 0 amide bonds. The van der Waals surface area contributed by atoms with E-state index in [9.17, 15) is 8.42 Å². The minimum Gasteiger partial charge on any atom is -0.310 e. The van der Waals surface area contributed by atoms with Gasteiger partial charge in [0.1, 0.15) is 0 Å². The number of nitrogens with one attached hydrogen (secondary N) is 2. The van der Waals surface area contributed by atoms with Crippen molar-refractivity contribution in [3.05, 3.63) is 29.8 Å². The van der Waals surface area contributed by atoms with Crippen molar-refractivity contribution in [2.45, 2.75) is 56.1 Å². The number of rotatable bonds is 6. The highest BCUT2D eigenvalue weighted by Gasteiger charge is 2.29. The molecule has 0 heterocycles. The molecule has 0 atom stereocenters. The van der Waals surface area contributed by atoms with Gasteiger partial charge in [-0.15, -0.1) is 0 Å². The van der Waals surface area contributed by atoms with Crippen LogP contribution < -0.4 is 10.0 Å². The Morgan fingerprint density at radius 3 is 2.60 bits per heavy atom. The highest BCUT2D eigenvalue weighted by Crippen LogP contribution is 2.28. The van der Waals surface area contributed by atoms with E-state index in [0.29, 0.717) is 16.9 Å². The standard InChI is InChI=1S/C15H22N2O2S/c1-11-7-14(8-11)17-20(18,19)15-4-2-3-12(9-15)10-16-13-5-6-13/h2-4,9,11,13-14,16-17H,5-8,10H2,1H3. The monoisotopic (exact) mass is 294 g/mol. The van der Waals surface area contributed by atoms with Crippen molar-refractivity contribution < 1.29 is 8.42 Å². The zero-order chi connectivity index (χ0) is 14.2. The normalized spacial score (nSPS) is 26.2. The summed E-state index contributed by atoms with van der Waals surface area (Å²) < 4.78 is 27.4. The van der Waals surface area contributed by atoms with Crippen LogP contribution in [-0.4, -0.2) is 20.5 Å². The lowest BCUT2D eigenvalue weighted by molar-refractivity contribution is 0.270. The Balaban J connectivity index is 1.66. The second-order valence-electron chi connectivity index (χ2n) is 6.20. The lowest BCUT2D eigenvalue weighted by atomic mass is 9.83. The molecule has 20 heavy (non-hydrogen) atoms. The van der Waals surface area contributed by atoms with Crippen LogP contribution in [0.4, 0.5) is 0 Å². The van der Waals surface area contributed by atoms with Crippen molar-refractivity contribution >= 4 is 10.0 Å². The van der Waals surface area contributed by atoms with Gasteiger partial charge in [-0.3, -0.25) is 0 Å². The van der Waals surface area contributed by atoms with Crippen LogP contribution in [0, 0.1) is 5.92 Å². The van der Waals surface area contributed by atoms with Crippen LogP contribution in [0.3, 0.4) is 0 Å². The molecule has 5 heteroatoms. The van der Waals surface area contributed by atoms with Crippen LogP contribution in [0.15, 0.2) is 29.2 Å². The van der Waals surface area contributed by atoms with Crippen molar-refractivity contribution in [3.63, 3.8) is 0 Å². The fourth-order valence-corrected chi connectivity index (χ4v) is 3.99. The van der Waals surface area contributed by atoms with E-state index in [1.807, 2.05) is 12.1 Å². The molecule has 2 saturated carbocycles. The second-order valence-corrected chi connectivity index (χ2v) is 7.91. The molecule has 2 aliphatic carbocycles. The maximum Gasteiger partial charge on any atom is 0.240 e. The number of hydrogen-bond acceptors (Lipinski definition) is 3. The van der Waals surface area contributed by atoms with Gasteiger partial charge in [0.05, 0.1) is 4.90 Å². The Morgan fingerprint density at radius 2 is 1.95 bits per heavy atom. The van der Waals surface area contributed by atoms with Gasteiger partial charge in [-0.1, -0.05) is 19.1 Å². The van der Waals surface area contributed by atoms with Crippen molar-refractivity contribution in [2.24, 2.45) is 5.92 Å². The van der Waals surface area contributed by atoms with E-state index in [1.54, 1.807) is 12.1 Å². The first-order chi connectivity index (χ1) is 9.53.